The number of aliphatic hydroxyl groups excluding tert-OH is 2. The van der Waals surface area contributed by atoms with Crippen LogP contribution in [0.15, 0.2) is 85.1 Å². The van der Waals surface area contributed by atoms with Crippen LogP contribution in [0.25, 0.3) is 0 Å². The summed E-state index contributed by atoms with van der Waals surface area (Å²) in [4.78, 5) is 26.0. The number of unbranched alkanes of at least 4 members (excludes halogenated alkanes) is 20. The number of hydrogen-bond acceptors (Lipinski definition) is 5. The molecule has 1 amide bonds. The molecule has 0 bridgehead atoms. The number of esters is 1. The fraction of sp³-hybridized carbons (Fsp3) is 0.709. The molecule has 350 valence electrons. The minimum Gasteiger partial charge on any atom is -0.458 e. The molecule has 0 aromatic carbocycles. The fourth-order valence-electron chi connectivity index (χ4n) is 7.14. The van der Waals surface area contributed by atoms with E-state index in [1.165, 1.54) is 109 Å². The number of nitrogens with one attached hydrogen (secondary N) is 1. The molecule has 0 saturated heterocycles. The monoisotopic (exact) mass is 850 g/mol. The maximum atomic E-state index is 13.1. The lowest BCUT2D eigenvalue weighted by Gasteiger charge is -2.23. The van der Waals surface area contributed by atoms with E-state index >= 15 is 0 Å². The summed E-state index contributed by atoms with van der Waals surface area (Å²) < 4.78 is 5.79. The molecule has 3 unspecified atom stereocenters. The number of hydrogen-bond donors (Lipinski definition) is 3. The summed E-state index contributed by atoms with van der Waals surface area (Å²) in [5, 5.41) is 23.7. The third kappa shape index (κ3) is 43.5. The van der Waals surface area contributed by atoms with Gasteiger partial charge < -0.3 is 20.3 Å². The lowest BCUT2D eigenvalue weighted by atomic mass is 10.0. The predicted octanol–water partition coefficient (Wildman–Crippen LogP) is 15.2. The number of carbonyl (C=O) groups excluding carboxylic acids is 2. The SMILES string of the molecule is CC/C=C\C/C=C\C/C=C\C/C=C\C/C=C\CCCC(=O)OC(/C=C/C/C=C\CCCCCCCC)CC(=O)NC(CO)C(O)CCCCCCCCCCCCCCCC. The minimum atomic E-state index is -0.824. The van der Waals surface area contributed by atoms with E-state index in [0.29, 0.717) is 19.3 Å². The second-order valence-corrected chi connectivity index (χ2v) is 16.8. The van der Waals surface area contributed by atoms with E-state index in [4.69, 9.17) is 4.74 Å². The zero-order valence-electron chi connectivity index (χ0n) is 39.8. The standard InChI is InChI=1S/C55H95NO5/c1-4-7-10-13-16-19-22-24-26-27-28-30-33-36-39-42-45-48-55(60)61-51(46-43-40-37-34-31-21-18-15-12-9-6-3)49-54(59)56-52(50-57)53(58)47-44-41-38-35-32-29-25-23-20-17-14-11-8-5-2/h7,10,16,19,24,26,28,30,34,36-37,39,43,46,51-53,57-58H,4-6,8-9,11-15,17-18,20-23,25,27,29,31-33,35,38,40-42,44-45,47-50H2,1-3H3,(H,56,59)/b10-7-,19-16-,26-24-,30-28-,37-34-,39-36-,46-43+. The molecule has 3 atom stereocenters. The highest BCUT2D eigenvalue weighted by Gasteiger charge is 2.23. The van der Waals surface area contributed by atoms with E-state index in [9.17, 15) is 19.8 Å². The van der Waals surface area contributed by atoms with Crippen molar-refractivity contribution in [3.63, 3.8) is 0 Å². The first-order chi connectivity index (χ1) is 30.0. The Hall–Kier alpha value is -2.96. The predicted molar refractivity (Wildman–Crippen MR) is 264 cm³/mol. The van der Waals surface area contributed by atoms with Gasteiger partial charge in [-0.3, -0.25) is 9.59 Å². The third-order valence-corrected chi connectivity index (χ3v) is 11.0. The van der Waals surface area contributed by atoms with Gasteiger partial charge in [-0.2, -0.15) is 0 Å². The molecule has 6 nitrogen and oxygen atoms in total. The van der Waals surface area contributed by atoms with Gasteiger partial charge in [-0.15, -0.1) is 0 Å². The van der Waals surface area contributed by atoms with Crippen molar-refractivity contribution >= 4 is 11.9 Å². The summed E-state index contributed by atoms with van der Waals surface area (Å²) in [5.74, 6) is -0.677. The number of rotatable bonds is 44. The maximum Gasteiger partial charge on any atom is 0.306 e. The smallest absolute Gasteiger partial charge is 0.306 e. The van der Waals surface area contributed by atoms with Crippen molar-refractivity contribution in [2.75, 3.05) is 6.61 Å². The second kappa shape index (κ2) is 48.1. The maximum absolute atomic E-state index is 13.1. The number of carbonyl (C=O) groups is 2. The van der Waals surface area contributed by atoms with Crippen LogP contribution in [0.4, 0.5) is 0 Å². The van der Waals surface area contributed by atoms with Gasteiger partial charge in [0.15, 0.2) is 0 Å². The van der Waals surface area contributed by atoms with Gasteiger partial charge in [0.25, 0.3) is 0 Å². The Morgan fingerprint density at radius 1 is 0.508 bits per heavy atom. The Morgan fingerprint density at radius 2 is 0.918 bits per heavy atom. The molecule has 0 aliphatic heterocycles. The molecule has 3 N–H and O–H groups in total. The number of amides is 1. The van der Waals surface area contributed by atoms with Gasteiger partial charge in [0, 0.05) is 6.42 Å². The molecule has 0 saturated carbocycles. The van der Waals surface area contributed by atoms with E-state index in [1.54, 1.807) is 6.08 Å². The summed E-state index contributed by atoms with van der Waals surface area (Å²) in [7, 11) is 0. The highest BCUT2D eigenvalue weighted by molar-refractivity contribution is 5.78. The van der Waals surface area contributed by atoms with Crippen LogP contribution in [-0.2, 0) is 14.3 Å². The van der Waals surface area contributed by atoms with Crippen LogP contribution < -0.4 is 5.32 Å². The van der Waals surface area contributed by atoms with Crippen molar-refractivity contribution in [2.45, 2.75) is 244 Å². The summed E-state index contributed by atoms with van der Waals surface area (Å²) in [6.45, 7) is 6.31. The molecule has 0 fully saturated rings. The van der Waals surface area contributed by atoms with E-state index in [-0.39, 0.29) is 31.3 Å². The quantitative estimate of drug-likeness (QED) is 0.0322. The molecule has 0 radical (unpaired) electrons. The molecule has 6 heteroatoms. The van der Waals surface area contributed by atoms with Crippen molar-refractivity contribution in [1.29, 1.82) is 0 Å². The Morgan fingerprint density at radius 3 is 1.39 bits per heavy atom. The van der Waals surface area contributed by atoms with Gasteiger partial charge in [-0.1, -0.05) is 222 Å². The second-order valence-electron chi connectivity index (χ2n) is 16.8. The zero-order valence-corrected chi connectivity index (χ0v) is 39.8. The average Bonchev–Trinajstić information content (AvgIpc) is 3.25. The van der Waals surface area contributed by atoms with Crippen LogP contribution in [0.2, 0.25) is 0 Å². The largest absolute Gasteiger partial charge is 0.458 e. The Balaban J connectivity index is 4.71. The van der Waals surface area contributed by atoms with Crippen molar-refractivity contribution < 1.29 is 24.5 Å². The molecule has 0 aliphatic carbocycles. The van der Waals surface area contributed by atoms with Crippen molar-refractivity contribution in [1.82, 2.24) is 5.32 Å². The number of ether oxygens (including phenoxy) is 1. The van der Waals surface area contributed by atoms with Crippen LogP contribution in [0.3, 0.4) is 0 Å². The van der Waals surface area contributed by atoms with Gasteiger partial charge in [0.1, 0.15) is 6.10 Å². The zero-order chi connectivity index (χ0) is 44.5. The molecule has 0 heterocycles. The first-order valence-corrected chi connectivity index (χ1v) is 25.3. The molecular formula is C55H95NO5. The average molecular weight is 850 g/mol. The van der Waals surface area contributed by atoms with E-state index in [0.717, 1.165) is 64.2 Å². The molecule has 0 spiro atoms. The normalized spacial score (nSPS) is 14.0. The number of allylic oxidation sites excluding steroid dienone is 13. The minimum absolute atomic E-state index is 0.0550. The first kappa shape index (κ1) is 58.0. The van der Waals surface area contributed by atoms with Gasteiger partial charge in [-0.25, -0.2) is 0 Å². The summed E-state index contributed by atoms with van der Waals surface area (Å²) in [6.07, 6.45) is 62.5. The summed E-state index contributed by atoms with van der Waals surface area (Å²) in [5.41, 5.74) is 0. The van der Waals surface area contributed by atoms with Crippen LogP contribution in [0, 0.1) is 0 Å². The van der Waals surface area contributed by atoms with Crippen LogP contribution >= 0.6 is 0 Å². The van der Waals surface area contributed by atoms with Crippen LogP contribution in [-0.4, -0.2) is 46.9 Å². The highest BCUT2D eigenvalue weighted by Crippen LogP contribution is 2.15. The lowest BCUT2D eigenvalue weighted by Crippen LogP contribution is -2.46. The molecule has 0 aliphatic rings. The Bertz CT molecular complexity index is 1180. The molecular weight excluding hydrogens is 755 g/mol. The van der Waals surface area contributed by atoms with Crippen molar-refractivity contribution in [2.24, 2.45) is 0 Å². The topological polar surface area (TPSA) is 95.9 Å². The molecule has 0 aromatic heterocycles. The van der Waals surface area contributed by atoms with Crippen LogP contribution in [0.5, 0.6) is 0 Å². The third-order valence-electron chi connectivity index (χ3n) is 11.0. The summed E-state index contributed by atoms with van der Waals surface area (Å²) >= 11 is 0. The Kier molecular flexibility index (Phi) is 45.7. The van der Waals surface area contributed by atoms with Gasteiger partial charge in [0.05, 0.1) is 25.2 Å². The van der Waals surface area contributed by atoms with Gasteiger partial charge in [0.2, 0.25) is 5.91 Å². The van der Waals surface area contributed by atoms with Crippen molar-refractivity contribution in [3.05, 3.63) is 85.1 Å². The van der Waals surface area contributed by atoms with Gasteiger partial charge >= 0.3 is 5.97 Å². The summed E-state index contributed by atoms with van der Waals surface area (Å²) in [6, 6.07) is -0.747. The fourth-order valence-corrected chi connectivity index (χ4v) is 7.14. The molecule has 61 heavy (non-hydrogen) atoms. The van der Waals surface area contributed by atoms with Crippen LogP contribution in [0.1, 0.15) is 226 Å². The molecule has 0 rings (SSSR count). The Labute approximate surface area is 376 Å². The molecule has 0 aromatic rings. The van der Waals surface area contributed by atoms with E-state index in [2.05, 4.69) is 99.0 Å². The first-order valence-electron chi connectivity index (χ1n) is 25.3. The van der Waals surface area contributed by atoms with E-state index < -0.39 is 18.2 Å². The number of aliphatic hydroxyl groups is 2. The lowest BCUT2D eigenvalue weighted by molar-refractivity contribution is -0.148. The highest BCUT2D eigenvalue weighted by atomic mass is 16.5. The van der Waals surface area contributed by atoms with Crippen molar-refractivity contribution in [3.8, 4) is 0 Å². The van der Waals surface area contributed by atoms with Gasteiger partial charge in [-0.05, 0) is 76.7 Å². The van der Waals surface area contributed by atoms with E-state index in [1.807, 2.05) is 6.08 Å².